The fourth-order valence-electron chi connectivity index (χ4n) is 2.42. The summed E-state index contributed by atoms with van der Waals surface area (Å²) in [7, 11) is 0. The second-order valence-electron chi connectivity index (χ2n) is 4.89. The molecule has 1 atom stereocenters. The van der Waals surface area contributed by atoms with E-state index >= 15 is 0 Å². The Bertz CT molecular complexity index is 797. The van der Waals surface area contributed by atoms with Crippen LogP contribution in [0.25, 0.3) is 20.2 Å². The zero-order valence-electron chi connectivity index (χ0n) is 12.0. The van der Waals surface area contributed by atoms with Crippen LogP contribution in [0.5, 0.6) is 0 Å². The Balaban J connectivity index is 0.00000161. The van der Waals surface area contributed by atoms with Gasteiger partial charge in [-0.25, -0.2) is 5.06 Å². The lowest BCUT2D eigenvalue weighted by Gasteiger charge is -2.21. The van der Waals surface area contributed by atoms with E-state index in [1.807, 2.05) is 25.1 Å². The molecule has 1 heterocycles. The van der Waals surface area contributed by atoms with Gasteiger partial charge in [-0.15, -0.1) is 11.3 Å². The number of amides is 1. The first-order valence-corrected chi connectivity index (χ1v) is 7.29. The minimum atomic E-state index is -0.353. The van der Waals surface area contributed by atoms with Gasteiger partial charge in [0.05, 0.1) is 6.04 Å². The number of fused-ring (bicyclic) bond motifs is 3. The van der Waals surface area contributed by atoms with E-state index in [4.69, 9.17) is 0 Å². The number of hydrogen-bond donors (Lipinski definition) is 2. The lowest BCUT2D eigenvalue weighted by atomic mass is 10.1. The quantitative estimate of drug-likeness (QED) is 0.540. The zero-order chi connectivity index (χ0) is 14.3. The fourth-order valence-corrected chi connectivity index (χ4v) is 3.57. The smallest absolute Gasteiger partial charge is 0.243 e. The monoisotopic (exact) mass is 302 g/mol. The zero-order valence-corrected chi connectivity index (χ0v) is 12.9. The van der Waals surface area contributed by atoms with Crippen molar-refractivity contribution in [3.05, 3.63) is 48.0 Å². The Morgan fingerprint density at radius 3 is 2.52 bits per heavy atom. The molecule has 2 aromatic carbocycles. The Hall–Kier alpha value is -1.95. The largest absolute Gasteiger partial charge is 0.344 e. The fraction of sp³-hybridized carbons (Fsp3) is 0.188. The molecular weight excluding hydrogens is 284 g/mol. The van der Waals surface area contributed by atoms with Crippen LogP contribution in [0.15, 0.2) is 42.5 Å². The van der Waals surface area contributed by atoms with Gasteiger partial charge in [-0.2, -0.15) is 0 Å². The third-order valence-electron chi connectivity index (χ3n) is 3.57. The molecule has 3 aromatic rings. The van der Waals surface area contributed by atoms with E-state index in [0.717, 1.165) is 10.6 Å². The maximum atomic E-state index is 11.2. The van der Waals surface area contributed by atoms with Crippen molar-refractivity contribution in [2.75, 3.05) is 0 Å². The molecule has 1 aromatic heterocycles. The van der Waals surface area contributed by atoms with Crippen LogP contribution >= 0.6 is 11.3 Å². The summed E-state index contributed by atoms with van der Waals surface area (Å²) in [6.07, 6.45) is 0. The van der Waals surface area contributed by atoms with Crippen molar-refractivity contribution in [3.8, 4) is 0 Å². The normalized spacial score (nSPS) is 12.1. The van der Waals surface area contributed by atoms with Gasteiger partial charge in [-0.05, 0) is 24.6 Å². The summed E-state index contributed by atoms with van der Waals surface area (Å²) in [5.74, 6) is -0.353. The molecule has 0 aliphatic carbocycles. The average Bonchev–Trinajstić information content (AvgIpc) is 2.83. The van der Waals surface area contributed by atoms with Gasteiger partial charge in [-0.1, -0.05) is 30.3 Å². The van der Waals surface area contributed by atoms with E-state index in [0.29, 0.717) is 0 Å². The third kappa shape index (κ3) is 2.63. The van der Waals surface area contributed by atoms with Gasteiger partial charge in [0.25, 0.3) is 0 Å². The van der Waals surface area contributed by atoms with Gasteiger partial charge in [0.2, 0.25) is 5.91 Å². The molecule has 0 bridgehead atoms. The van der Waals surface area contributed by atoms with E-state index in [2.05, 4.69) is 24.3 Å². The van der Waals surface area contributed by atoms with Gasteiger partial charge in [0.1, 0.15) is 0 Å². The van der Waals surface area contributed by atoms with Crippen molar-refractivity contribution >= 4 is 37.4 Å². The molecule has 0 saturated heterocycles. The third-order valence-corrected chi connectivity index (χ3v) is 4.71. The molecule has 5 heteroatoms. The first-order valence-electron chi connectivity index (χ1n) is 6.48. The van der Waals surface area contributed by atoms with Crippen molar-refractivity contribution in [2.24, 2.45) is 0 Å². The highest BCUT2D eigenvalue weighted by molar-refractivity contribution is 7.25. The second kappa shape index (κ2) is 5.81. The summed E-state index contributed by atoms with van der Waals surface area (Å²) in [4.78, 5) is 11.2. The van der Waals surface area contributed by atoms with E-state index < -0.39 is 0 Å². The predicted octanol–water partition coefficient (Wildman–Crippen LogP) is 4.52. The van der Waals surface area contributed by atoms with Crippen LogP contribution in [0.1, 0.15) is 25.5 Å². The number of thiophene rings is 1. The van der Waals surface area contributed by atoms with E-state index in [1.54, 1.807) is 11.3 Å². The standard InChI is InChI=1S/C16H15NO2S.H3N/c1-10(17(19)11(2)18)12-7-8-14-13-5-3-4-6-15(13)20-16(14)9-12;/h3-10,19H,1-2H3;1H3. The molecule has 1 amide bonds. The van der Waals surface area contributed by atoms with Crippen LogP contribution in [0.3, 0.4) is 0 Å². The number of nitrogens with zero attached hydrogens (tertiary/aromatic N) is 1. The Labute approximate surface area is 127 Å². The van der Waals surface area contributed by atoms with Crippen molar-refractivity contribution in [1.29, 1.82) is 0 Å². The molecule has 21 heavy (non-hydrogen) atoms. The van der Waals surface area contributed by atoms with Gasteiger partial charge >= 0.3 is 0 Å². The molecule has 0 spiro atoms. The molecule has 4 N–H and O–H groups in total. The number of hydroxylamine groups is 2. The molecule has 1 unspecified atom stereocenters. The number of rotatable bonds is 2. The number of carbonyl (C=O) groups excluding carboxylic acids is 1. The molecule has 0 radical (unpaired) electrons. The van der Waals surface area contributed by atoms with Crippen molar-refractivity contribution in [1.82, 2.24) is 11.2 Å². The van der Waals surface area contributed by atoms with Crippen LogP contribution < -0.4 is 6.15 Å². The Morgan fingerprint density at radius 1 is 1.14 bits per heavy atom. The van der Waals surface area contributed by atoms with E-state index in [-0.39, 0.29) is 18.1 Å². The van der Waals surface area contributed by atoms with Crippen LogP contribution in [-0.4, -0.2) is 16.2 Å². The lowest BCUT2D eigenvalue weighted by molar-refractivity contribution is -0.172. The predicted molar refractivity (Wildman–Crippen MR) is 87.1 cm³/mol. The van der Waals surface area contributed by atoms with Gasteiger partial charge in [0.15, 0.2) is 0 Å². The Morgan fingerprint density at radius 2 is 1.81 bits per heavy atom. The molecule has 0 fully saturated rings. The number of carbonyl (C=O) groups is 1. The highest BCUT2D eigenvalue weighted by Crippen LogP contribution is 2.35. The van der Waals surface area contributed by atoms with Crippen LogP contribution in [0.4, 0.5) is 0 Å². The summed E-state index contributed by atoms with van der Waals surface area (Å²) < 4.78 is 2.42. The molecule has 110 valence electrons. The van der Waals surface area contributed by atoms with E-state index in [1.165, 1.54) is 27.1 Å². The summed E-state index contributed by atoms with van der Waals surface area (Å²) >= 11 is 1.73. The summed E-state index contributed by atoms with van der Waals surface area (Å²) in [6, 6.07) is 14.0. The van der Waals surface area contributed by atoms with Gasteiger partial charge in [0, 0.05) is 27.1 Å². The minimum absolute atomic E-state index is 0. The van der Waals surface area contributed by atoms with Crippen LogP contribution in [0.2, 0.25) is 0 Å². The first kappa shape index (κ1) is 15.4. The maximum Gasteiger partial charge on any atom is 0.243 e. The molecule has 0 aliphatic rings. The topological polar surface area (TPSA) is 75.5 Å². The molecule has 0 saturated carbocycles. The van der Waals surface area contributed by atoms with Crippen molar-refractivity contribution in [2.45, 2.75) is 19.9 Å². The average molecular weight is 302 g/mol. The first-order chi connectivity index (χ1) is 9.58. The molecule has 0 aliphatic heterocycles. The molecular formula is C16H18N2O2S. The lowest BCUT2D eigenvalue weighted by Crippen LogP contribution is -2.27. The highest BCUT2D eigenvalue weighted by atomic mass is 32.1. The highest BCUT2D eigenvalue weighted by Gasteiger charge is 2.17. The summed E-state index contributed by atoms with van der Waals surface area (Å²) in [5, 5.41) is 13.0. The number of benzene rings is 2. The van der Waals surface area contributed by atoms with Gasteiger partial charge < -0.3 is 6.15 Å². The summed E-state index contributed by atoms with van der Waals surface area (Å²) in [5.41, 5.74) is 0.932. The SMILES string of the molecule is CC(=O)N(O)C(C)c1ccc2c(c1)sc1ccccc12.N. The number of hydrogen-bond acceptors (Lipinski definition) is 4. The van der Waals surface area contributed by atoms with Crippen molar-refractivity contribution in [3.63, 3.8) is 0 Å². The van der Waals surface area contributed by atoms with E-state index in [9.17, 15) is 10.0 Å². The van der Waals surface area contributed by atoms with Gasteiger partial charge in [-0.3, -0.25) is 10.0 Å². The molecule has 3 rings (SSSR count). The summed E-state index contributed by atoms with van der Waals surface area (Å²) in [6.45, 7) is 3.17. The minimum Gasteiger partial charge on any atom is -0.344 e. The molecule has 4 nitrogen and oxygen atoms in total. The van der Waals surface area contributed by atoms with Crippen LogP contribution in [0, 0.1) is 0 Å². The Kier molecular flexibility index (Phi) is 4.27. The van der Waals surface area contributed by atoms with Crippen molar-refractivity contribution < 1.29 is 10.0 Å². The maximum absolute atomic E-state index is 11.2. The second-order valence-corrected chi connectivity index (χ2v) is 5.98. The van der Waals surface area contributed by atoms with Crippen LogP contribution in [-0.2, 0) is 4.79 Å².